The first-order valence-corrected chi connectivity index (χ1v) is 8.10. The molecule has 1 aromatic heterocycles. The topological polar surface area (TPSA) is 113 Å². The number of carboxylic acid groups (broad SMARTS) is 1. The lowest BCUT2D eigenvalue weighted by Gasteiger charge is -2.13. The van der Waals surface area contributed by atoms with Gasteiger partial charge in [0.15, 0.2) is 5.76 Å². The van der Waals surface area contributed by atoms with Crippen molar-refractivity contribution in [2.75, 3.05) is 7.11 Å². The number of nitrogens with one attached hydrogen (secondary N) is 1. The maximum absolute atomic E-state index is 12.4. The van der Waals surface area contributed by atoms with Crippen molar-refractivity contribution in [3.8, 4) is 11.8 Å². The highest BCUT2D eigenvalue weighted by molar-refractivity contribution is 5.98. The standard InChI is InChI=1S/C20H16N2O5/c1-26-15-5-6-17-14(9-15)10-18(27-17)19(23)22-16(20(24)25)8-12-3-2-4-13(7-12)11-21/h2-7,9-10,16H,8H2,1H3,(H,22,23)(H,24,25). The molecule has 0 spiro atoms. The summed E-state index contributed by atoms with van der Waals surface area (Å²) in [6, 6.07) is 14.1. The molecule has 0 aliphatic carbocycles. The first-order valence-electron chi connectivity index (χ1n) is 8.10. The molecule has 1 amide bonds. The van der Waals surface area contributed by atoms with Gasteiger partial charge in [-0.05, 0) is 42.0 Å². The van der Waals surface area contributed by atoms with Gasteiger partial charge < -0.3 is 19.6 Å². The van der Waals surface area contributed by atoms with Crippen molar-refractivity contribution in [2.24, 2.45) is 0 Å². The highest BCUT2D eigenvalue weighted by Crippen LogP contribution is 2.24. The lowest BCUT2D eigenvalue weighted by Crippen LogP contribution is -2.42. The second-order valence-electron chi connectivity index (χ2n) is 5.89. The molecule has 0 bridgehead atoms. The molecular formula is C20H16N2O5. The second kappa shape index (κ2) is 7.62. The fraction of sp³-hybridized carbons (Fsp3) is 0.150. The molecule has 2 N–H and O–H groups in total. The number of hydrogen-bond acceptors (Lipinski definition) is 5. The summed E-state index contributed by atoms with van der Waals surface area (Å²) in [6.45, 7) is 0. The van der Waals surface area contributed by atoms with Crippen LogP contribution in [0.1, 0.15) is 21.7 Å². The fourth-order valence-electron chi connectivity index (χ4n) is 2.69. The van der Waals surface area contributed by atoms with Gasteiger partial charge in [0.05, 0.1) is 18.7 Å². The Balaban J connectivity index is 1.79. The summed E-state index contributed by atoms with van der Waals surface area (Å²) in [5.41, 5.74) is 1.56. The monoisotopic (exact) mass is 364 g/mol. The number of aliphatic carboxylic acids is 1. The van der Waals surface area contributed by atoms with Crippen LogP contribution in [0.3, 0.4) is 0 Å². The molecule has 0 aliphatic rings. The number of methoxy groups -OCH3 is 1. The summed E-state index contributed by atoms with van der Waals surface area (Å²) in [7, 11) is 1.54. The summed E-state index contributed by atoms with van der Waals surface area (Å²) in [6.07, 6.45) is 0.0463. The first-order chi connectivity index (χ1) is 13.0. The van der Waals surface area contributed by atoms with Gasteiger partial charge in [0.2, 0.25) is 0 Å². The molecule has 1 unspecified atom stereocenters. The third-order valence-electron chi connectivity index (χ3n) is 4.05. The number of rotatable bonds is 6. The maximum atomic E-state index is 12.4. The van der Waals surface area contributed by atoms with Gasteiger partial charge in [-0.3, -0.25) is 4.79 Å². The zero-order valence-electron chi connectivity index (χ0n) is 14.4. The van der Waals surface area contributed by atoms with Gasteiger partial charge in [0.1, 0.15) is 17.4 Å². The van der Waals surface area contributed by atoms with E-state index in [1.54, 1.807) is 42.5 Å². The summed E-state index contributed by atoms with van der Waals surface area (Å²) in [5, 5.41) is 21.5. The lowest BCUT2D eigenvalue weighted by atomic mass is 10.0. The van der Waals surface area contributed by atoms with E-state index in [-0.39, 0.29) is 12.2 Å². The number of hydrogen-bond donors (Lipinski definition) is 2. The predicted octanol–water partition coefficient (Wildman–Crippen LogP) is 2.74. The zero-order chi connectivity index (χ0) is 19.4. The van der Waals surface area contributed by atoms with E-state index in [1.807, 2.05) is 6.07 Å². The van der Waals surface area contributed by atoms with Crippen LogP contribution in [-0.4, -0.2) is 30.1 Å². The van der Waals surface area contributed by atoms with E-state index in [2.05, 4.69) is 5.32 Å². The van der Waals surface area contributed by atoms with Gasteiger partial charge in [-0.25, -0.2) is 4.79 Å². The summed E-state index contributed by atoms with van der Waals surface area (Å²) >= 11 is 0. The Hall–Kier alpha value is -3.79. The van der Waals surface area contributed by atoms with Gasteiger partial charge in [0, 0.05) is 11.8 Å². The van der Waals surface area contributed by atoms with E-state index < -0.39 is 17.9 Å². The summed E-state index contributed by atoms with van der Waals surface area (Å²) in [5.74, 6) is -1.18. The van der Waals surface area contributed by atoms with Crippen LogP contribution in [0.5, 0.6) is 5.75 Å². The summed E-state index contributed by atoms with van der Waals surface area (Å²) in [4.78, 5) is 24.0. The van der Waals surface area contributed by atoms with E-state index in [1.165, 1.54) is 13.2 Å². The third-order valence-corrected chi connectivity index (χ3v) is 4.05. The van der Waals surface area contributed by atoms with E-state index in [0.29, 0.717) is 27.8 Å². The normalized spacial score (nSPS) is 11.6. The van der Waals surface area contributed by atoms with Crippen LogP contribution < -0.4 is 10.1 Å². The Morgan fingerprint density at radius 3 is 2.78 bits per heavy atom. The SMILES string of the molecule is COc1ccc2oc(C(=O)NC(Cc3cccc(C#N)c3)C(=O)O)cc2c1. The minimum atomic E-state index is -1.18. The quantitative estimate of drug-likeness (QED) is 0.695. The highest BCUT2D eigenvalue weighted by atomic mass is 16.5. The first kappa shape index (κ1) is 18.0. The fourth-order valence-corrected chi connectivity index (χ4v) is 2.69. The number of nitrogens with zero attached hydrogens (tertiary/aromatic N) is 1. The molecule has 2 aromatic carbocycles. The molecule has 27 heavy (non-hydrogen) atoms. The number of benzene rings is 2. The van der Waals surface area contributed by atoms with Gasteiger partial charge in [-0.1, -0.05) is 12.1 Å². The average molecular weight is 364 g/mol. The molecule has 0 radical (unpaired) electrons. The molecule has 0 saturated heterocycles. The van der Waals surface area contributed by atoms with Gasteiger partial charge in [-0.2, -0.15) is 5.26 Å². The van der Waals surface area contributed by atoms with Crippen LogP contribution in [0.15, 0.2) is 52.9 Å². The maximum Gasteiger partial charge on any atom is 0.326 e. The molecule has 3 aromatic rings. The molecule has 3 rings (SSSR count). The third kappa shape index (κ3) is 4.07. The number of ether oxygens (including phenoxy) is 1. The Bertz CT molecular complexity index is 1050. The Kier molecular flexibility index (Phi) is 5.08. The van der Waals surface area contributed by atoms with Crippen molar-refractivity contribution in [1.29, 1.82) is 5.26 Å². The van der Waals surface area contributed by atoms with Crippen LogP contribution in [0.4, 0.5) is 0 Å². The van der Waals surface area contributed by atoms with Crippen molar-refractivity contribution < 1.29 is 23.8 Å². The van der Waals surface area contributed by atoms with Gasteiger partial charge >= 0.3 is 5.97 Å². The van der Waals surface area contributed by atoms with E-state index in [4.69, 9.17) is 14.4 Å². The Labute approximate surface area is 154 Å². The van der Waals surface area contributed by atoms with Crippen molar-refractivity contribution >= 4 is 22.8 Å². The minimum Gasteiger partial charge on any atom is -0.497 e. The van der Waals surface area contributed by atoms with Gasteiger partial charge in [0.25, 0.3) is 5.91 Å². The number of carbonyl (C=O) groups excluding carboxylic acids is 1. The molecule has 0 fully saturated rings. The largest absolute Gasteiger partial charge is 0.497 e. The Morgan fingerprint density at radius 2 is 2.07 bits per heavy atom. The number of nitriles is 1. The van der Waals surface area contributed by atoms with Gasteiger partial charge in [-0.15, -0.1) is 0 Å². The smallest absolute Gasteiger partial charge is 0.326 e. The molecule has 0 saturated carbocycles. The number of amides is 1. The number of carbonyl (C=O) groups is 2. The predicted molar refractivity (Wildman–Crippen MR) is 96.5 cm³/mol. The number of furan rings is 1. The van der Waals surface area contributed by atoms with Crippen LogP contribution in [0.25, 0.3) is 11.0 Å². The van der Waals surface area contributed by atoms with E-state index in [9.17, 15) is 14.7 Å². The lowest BCUT2D eigenvalue weighted by molar-refractivity contribution is -0.139. The molecular weight excluding hydrogens is 348 g/mol. The van der Waals surface area contributed by atoms with Crippen molar-refractivity contribution in [3.05, 3.63) is 65.4 Å². The van der Waals surface area contributed by atoms with Crippen LogP contribution in [0.2, 0.25) is 0 Å². The van der Waals surface area contributed by atoms with Crippen molar-refractivity contribution in [2.45, 2.75) is 12.5 Å². The van der Waals surface area contributed by atoms with Crippen molar-refractivity contribution in [3.63, 3.8) is 0 Å². The molecule has 0 aliphatic heterocycles. The second-order valence-corrected chi connectivity index (χ2v) is 5.89. The minimum absolute atomic E-state index is 0.00952. The van der Waals surface area contributed by atoms with E-state index >= 15 is 0 Å². The van der Waals surface area contributed by atoms with Crippen LogP contribution >= 0.6 is 0 Å². The molecule has 1 heterocycles. The van der Waals surface area contributed by atoms with E-state index in [0.717, 1.165) is 0 Å². The molecule has 7 nitrogen and oxygen atoms in total. The highest BCUT2D eigenvalue weighted by Gasteiger charge is 2.23. The van der Waals surface area contributed by atoms with Crippen LogP contribution in [-0.2, 0) is 11.2 Å². The molecule has 1 atom stereocenters. The van der Waals surface area contributed by atoms with Crippen molar-refractivity contribution in [1.82, 2.24) is 5.32 Å². The summed E-state index contributed by atoms with van der Waals surface area (Å²) < 4.78 is 10.6. The molecule has 7 heteroatoms. The number of fused-ring (bicyclic) bond motifs is 1. The van der Waals surface area contributed by atoms with Crippen LogP contribution in [0, 0.1) is 11.3 Å². The molecule has 136 valence electrons. The zero-order valence-corrected chi connectivity index (χ0v) is 14.4. The number of carboxylic acids is 1. The Morgan fingerprint density at radius 1 is 1.26 bits per heavy atom. The average Bonchev–Trinajstić information content (AvgIpc) is 3.10.